The summed E-state index contributed by atoms with van der Waals surface area (Å²) >= 11 is 0. The van der Waals surface area contributed by atoms with Crippen molar-refractivity contribution in [3.8, 4) is 17.2 Å². The van der Waals surface area contributed by atoms with Gasteiger partial charge in [0.25, 0.3) is 16.0 Å². The Hall–Kier alpha value is -3.35. The Morgan fingerprint density at radius 2 is 1.48 bits per heavy atom. The first-order valence-corrected chi connectivity index (χ1v) is 14.7. The highest BCUT2D eigenvalue weighted by molar-refractivity contribution is 7.85. The second-order valence-corrected chi connectivity index (χ2v) is 11.0. The molecular weight excluding hydrogens is 538 g/mol. The summed E-state index contributed by atoms with van der Waals surface area (Å²) in [6.07, 6.45) is 2.75. The molecule has 0 saturated carbocycles. The van der Waals surface area contributed by atoms with Gasteiger partial charge in [-0.25, -0.2) is 0 Å². The number of amides is 1. The van der Waals surface area contributed by atoms with Crippen molar-refractivity contribution in [3.63, 3.8) is 0 Å². The summed E-state index contributed by atoms with van der Waals surface area (Å²) in [4.78, 5) is 14.8. The maximum atomic E-state index is 12.9. The fraction of sp³-hybridized carbons (Fsp3) is 0.500. The fourth-order valence-electron chi connectivity index (χ4n) is 3.73. The average molecular weight is 582 g/mol. The van der Waals surface area contributed by atoms with Crippen molar-refractivity contribution >= 4 is 21.9 Å². The lowest BCUT2D eigenvalue weighted by Crippen LogP contribution is -2.42. The number of carbonyl (C=O) groups excluding carboxylic acids is 1. The number of ether oxygens (including phenoxy) is 3. The predicted molar refractivity (Wildman–Crippen MR) is 155 cm³/mol. The van der Waals surface area contributed by atoms with Gasteiger partial charge in [0.2, 0.25) is 0 Å². The van der Waals surface area contributed by atoms with Gasteiger partial charge in [0.15, 0.2) is 11.5 Å². The highest BCUT2D eigenvalue weighted by Gasteiger charge is 2.22. The van der Waals surface area contributed by atoms with Crippen LogP contribution in [-0.4, -0.2) is 79.5 Å². The van der Waals surface area contributed by atoms with Crippen LogP contribution in [0.3, 0.4) is 0 Å². The topological polar surface area (TPSA) is 172 Å². The molecule has 0 atom stereocenters. The Labute approximate surface area is 237 Å². The van der Waals surface area contributed by atoms with Crippen LogP contribution in [0, 0.1) is 5.41 Å². The van der Waals surface area contributed by atoms with E-state index in [9.17, 15) is 13.2 Å². The van der Waals surface area contributed by atoms with E-state index in [1.54, 1.807) is 37.4 Å². The van der Waals surface area contributed by atoms with Gasteiger partial charge in [-0.1, -0.05) is 0 Å². The largest absolute Gasteiger partial charge is 0.494 e. The standard InChI is InChI=1S/C26H37N3O4.C2H6O4S/c1-18(2)29(19(3)4)26(30)21-11-14-23(24(17-21)31-5)33-16-8-6-7-15-32-22-12-9-20(10-13-22)25(27)28;3-1-2-7(4,5)6/h9-14,17-19H,6-8,15-16H2,1-5H3,(H3,27,28);3H,1-2H2,(H,4,5,6). The van der Waals surface area contributed by atoms with E-state index in [2.05, 4.69) is 0 Å². The minimum Gasteiger partial charge on any atom is -0.494 e. The van der Waals surface area contributed by atoms with Gasteiger partial charge in [0.05, 0.1) is 32.7 Å². The molecule has 0 saturated heterocycles. The fourth-order valence-corrected chi connectivity index (χ4v) is 3.96. The molecule has 0 heterocycles. The number of rotatable bonds is 15. The number of nitrogen functional groups attached to an aromatic ring is 1. The minimum absolute atomic E-state index is 0.0132. The van der Waals surface area contributed by atoms with E-state index in [0.717, 1.165) is 25.0 Å². The van der Waals surface area contributed by atoms with Crippen LogP contribution in [0.4, 0.5) is 0 Å². The maximum absolute atomic E-state index is 12.9. The monoisotopic (exact) mass is 581 g/mol. The second-order valence-electron chi connectivity index (χ2n) is 9.47. The molecule has 0 aliphatic carbocycles. The second kappa shape index (κ2) is 17.4. The molecule has 0 radical (unpaired) electrons. The number of unbranched alkanes of at least 4 members (excludes halogenated alkanes) is 2. The van der Waals surface area contributed by atoms with Gasteiger partial charge in [-0.2, -0.15) is 8.42 Å². The molecule has 2 aromatic rings. The summed E-state index contributed by atoms with van der Waals surface area (Å²) in [5.41, 5.74) is 6.73. The van der Waals surface area contributed by atoms with E-state index in [4.69, 9.17) is 35.0 Å². The summed E-state index contributed by atoms with van der Waals surface area (Å²) in [5, 5.41) is 15.3. The van der Waals surface area contributed by atoms with Crippen molar-refractivity contribution in [1.29, 1.82) is 5.41 Å². The Bertz CT molecular complexity index is 1160. The van der Waals surface area contributed by atoms with Gasteiger partial charge < -0.3 is 30.0 Å². The van der Waals surface area contributed by atoms with Crippen LogP contribution in [0.2, 0.25) is 0 Å². The Morgan fingerprint density at radius 1 is 0.925 bits per heavy atom. The molecule has 11 nitrogen and oxygen atoms in total. The summed E-state index contributed by atoms with van der Waals surface area (Å²) in [7, 11) is -2.34. The number of benzene rings is 2. The number of nitrogens with two attached hydrogens (primary N) is 1. The van der Waals surface area contributed by atoms with Gasteiger partial charge >= 0.3 is 0 Å². The van der Waals surface area contributed by atoms with Crippen LogP contribution >= 0.6 is 0 Å². The number of nitrogens with one attached hydrogen (secondary N) is 1. The zero-order chi connectivity index (χ0) is 30.3. The van der Waals surface area contributed by atoms with Gasteiger partial charge in [-0.15, -0.1) is 0 Å². The molecule has 2 aromatic carbocycles. The highest BCUT2D eigenvalue weighted by atomic mass is 32.2. The molecule has 40 heavy (non-hydrogen) atoms. The normalized spacial score (nSPS) is 11.0. The number of hydrogen-bond acceptors (Lipinski definition) is 8. The Kier molecular flexibility index (Phi) is 15.1. The molecule has 2 rings (SSSR count). The number of hydrogen-bond donors (Lipinski definition) is 4. The van der Waals surface area contributed by atoms with E-state index in [-0.39, 0.29) is 23.8 Å². The maximum Gasteiger partial charge on any atom is 0.267 e. The van der Waals surface area contributed by atoms with E-state index in [0.29, 0.717) is 35.8 Å². The minimum atomic E-state index is -3.92. The molecule has 0 spiro atoms. The lowest BCUT2D eigenvalue weighted by molar-refractivity contribution is 0.0643. The molecule has 0 fully saturated rings. The first kappa shape index (κ1) is 34.7. The molecule has 0 unspecified atom stereocenters. The van der Waals surface area contributed by atoms with Crippen LogP contribution in [0.25, 0.3) is 0 Å². The van der Waals surface area contributed by atoms with Crippen LogP contribution < -0.4 is 19.9 Å². The summed E-state index contributed by atoms with van der Waals surface area (Å²) < 4.78 is 44.2. The van der Waals surface area contributed by atoms with Gasteiger partial charge in [-0.3, -0.25) is 14.8 Å². The van der Waals surface area contributed by atoms with Crippen LogP contribution in [-0.2, 0) is 10.1 Å². The van der Waals surface area contributed by atoms with Gasteiger partial charge in [0, 0.05) is 23.2 Å². The molecule has 0 aliphatic rings. The number of aliphatic hydroxyl groups excluding tert-OH is 1. The van der Waals surface area contributed by atoms with Crippen LogP contribution in [0.1, 0.15) is 62.9 Å². The molecular formula is C28H43N3O8S. The summed E-state index contributed by atoms with van der Waals surface area (Å²) in [5.74, 6) is 1.42. The third-order valence-electron chi connectivity index (χ3n) is 5.59. The molecule has 224 valence electrons. The van der Waals surface area contributed by atoms with Crippen molar-refractivity contribution < 1.29 is 37.1 Å². The van der Waals surface area contributed by atoms with E-state index in [1.807, 2.05) is 44.7 Å². The molecule has 1 amide bonds. The van der Waals surface area contributed by atoms with E-state index < -0.39 is 22.5 Å². The van der Waals surface area contributed by atoms with Crippen molar-refractivity contribution in [2.45, 2.75) is 59.0 Å². The molecule has 0 bridgehead atoms. The third kappa shape index (κ3) is 12.7. The quantitative estimate of drug-likeness (QED) is 0.106. The predicted octanol–water partition coefficient (Wildman–Crippen LogP) is 3.73. The summed E-state index contributed by atoms with van der Waals surface area (Å²) in [6, 6.07) is 12.8. The lowest BCUT2D eigenvalue weighted by atomic mass is 10.1. The van der Waals surface area contributed by atoms with Crippen molar-refractivity contribution in [2.75, 3.05) is 32.7 Å². The number of carbonyl (C=O) groups is 1. The molecule has 12 heteroatoms. The number of amidine groups is 1. The van der Waals surface area contributed by atoms with E-state index in [1.165, 1.54) is 0 Å². The van der Waals surface area contributed by atoms with Crippen molar-refractivity contribution in [3.05, 3.63) is 53.6 Å². The average Bonchev–Trinajstić information content (AvgIpc) is 2.87. The first-order chi connectivity index (χ1) is 18.8. The SMILES string of the molecule is COc1cc(C(=O)N(C(C)C)C(C)C)ccc1OCCCCCOc1ccc(C(=N)N)cc1.O=S(=O)(O)CCO. The van der Waals surface area contributed by atoms with Gasteiger partial charge in [-0.05, 0) is 89.4 Å². The third-order valence-corrected chi connectivity index (χ3v) is 6.29. The van der Waals surface area contributed by atoms with Crippen molar-refractivity contribution in [1.82, 2.24) is 4.90 Å². The lowest BCUT2D eigenvalue weighted by Gasteiger charge is -2.31. The molecule has 5 N–H and O–H groups in total. The Morgan fingerprint density at radius 3 is 1.93 bits per heavy atom. The van der Waals surface area contributed by atoms with Crippen molar-refractivity contribution in [2.24, 2.45) is 5.73 Å². The first-order valence-electron chi connectivity index (χ1n) is 13.1. The number of aliphatic hydroxyl groups is 1. The summed E-state index contributed by atoms with van der Waals surface area (Å²) in [6.45, 7) is 8.70. The number of methoxy groups -OCH3 is 1. The van der Waals surface area contributed by atoms with Crippen LogP contribution in [0.15, 0.2) is 42.5 Å². The van der Waals surface area contributed by atoms with E-state index >= 15 is 0 Å². The smallest absolute Gasteiger partial charge is 0.267 e. The zero-order valence-electron chi connectivity index (χ0n) is 23.9. The van der Waals surface area contributed by atoms with Crippen LogP contribution in [0.5, 0.6) is 17.2 Å². The zero-order valence-corrected chi connectivity index (χ0v) is 24.7. The van der Waals surface area contributed by atoms with Gasteiger partial charge in [0.1, 0.15) is 11.6 Å². The Balaban J connectivity index is 0.00000101. The molecule has 0 aliphatic heterocycles. The molecule has 0 aromatic heterocycles. The highest BCUT2D eigenvalue weighted by Crippen LogP contribution is 2.29. The number of nitrogens with zero attached hydrogens (tertiary/aromatic N) is 1.